The van der Waals surface area contributed by atoms with Crippen molar-refractivity contribution in [1.29, 1.82) is 0 Å². The first kappa shape index (κ1) is 18.4. The van der Waals surface area contributed by atoms with Gasteiger partial charge in [-0.05, 0) is 36.8 Å². The van der Waals surface area contributed by atoms with Crippen molar-refractivity contribution in [1.82, 2.24) is 24.8 Å². The Morgan fingerprint density at radius 1 is 1.18 bits per heavy atom. The molecule has 4 rings (SSSR count). The second-order valence-electron chi connectivity index (χ2n) is 7.14. The molecular formula is C21H26N6O. The maximum Gasteiger partial charge on any atom is 0.321 e. The molecule has 2 amide bonds. The van der Waals surface area contributed by atoms with Gasteiger partial charge in [0.1, 0.15) is 5.82 Å². The van der Waals surface area contributed by atoms with Crippen molar-refractivity contribution in [2.45, 2.75) is 26.3 Å². The molecule has 2 N–H and O–H groups in total. The molecule has 1 fully saturated rings. The van der Waals surface area contributed by atoms with Crippen molar-refractivity contribution < 1.29 is 4.79 Å². The number of fused-ring (bicyclic) bond motifs is 1. The third-order valence-corrected chi connectivity index (χ3v) is 5.10. The number of nitrogens with one attached hydrogen (secondary N) is 2. The van der Waals surface area contributed by atoms with Crippen molar-refractivity contribution in [2.75, 3.05) is 31.5 Å². The molecule has 1 saturated heterocycles. The van der Waals surface area contributed by atoms with Gasteiger partial charge in [-0.2, -0.15) is 0 Å². The molecule has 0 spiro atoms. The average Bonchev–Trinajstić information content (AvgIpc) is 2.99. The normalized spacial score (nSPS) is 15.5. The fraction of sp³-hybridized carbons (Fsp3) is 0.381. The third-order valence-electron chi connectivity index (χ3n) is 5.10. The largest absolute Gasteiger partial charge is 0.342 e. The monoisotopic (exact) mass is 378 g/mol. The Hall–Kier alpha value is -2.93. The van der Waals surface area contributed by atoms with E-state index in [0.717, 1.165) is 67.3 Å². The highest BCUT2D eigenvalue weighted by atomic mass is 16.2. The zero-order chi connectivity index (χ0) is 19.3. The Kier molecular flexibility index (Phi) is 5.53. The molecule has 1 aliphatic heterocycles. The Morgan fingerprint density at radius 3 is 2.93 bits per heavy atom. The van der Waals surface area contributed by atoms with Gasteiger partial charge in [-0.1, -0.05) is 13.0 Å². The zero-order valence-corrected chi connectivity index (χ0v) is 16.2. The summed E-state index contributed by atoms with van der Waals surface area (Å²) in [5.41, 5.74) is 3.74. The first-order valence-electron chi connectivity index (χ1n) is 9.88. The maximum atomic E-state index is 12.7. The summed E-state index contributed by atoms with van der Waals surface area (Å²) in [6.45, 7) is 6.19. The van der Waals surface area contributed by atoms with Crippen molar-refractivity contribution in [2.24, 2.45) is 0 Å². The van der Waals surface area contributed by atoms with E-state index in [1.54, 1.807) is 0 Å². The number of hydrogen-bond donors (Lipinski definition) is 2. The highest BCUT2D eigenvalue weighted by Gasteiger charge is 2.19. The molecule has 0 radical (unpaired) electrons. The van der Waals surface area contributed by atoms with Gasteiger partial charge in [-0.15, -0.1) is 0 Å². The number of nitrogens with zero attached hydrogens (tertiary/aromatic N) is 4. The van der Waals surface area contributed by atoms with Crippen molar-refractivity contribution in [3.05, 3.63) is 54.1 Å². The van der Waals surface area contributed by atoms with Crippen LogP contribution >= 0.6 is 0 Å². The van der Waals surface area contributed by atoms with E-state index < -0.39 is 0 Å². The van der Waals surface area contributed by atoms with Crippen LogP contribution in [0.4, 0.5) is 10.5 Å². The van der Waals surface area contributed by atoms with E-state index in [1.807, 2.05) is 47.5 Å². The summed E-state index contributed by atoms with van der Waals surface area (Å²) in [7, 11) is 0. The summed E-state index contributed by atoms with van der Waals surface area (Å²) in [6.07, 6.45) is 3.64. The number of rotatable bonds is 4. The van der Waals surface area contributed by atoms with E-state index in [1.165, 1.54) is 0 Å². The van der Waals surface area contributed by atoms with Gasteiger partial charge in [0, 0.05) is 51.0 Å². The Morgan fingerprint density at radius 2 is 2.11 bits per heavy atom. The second-order valence-corrected chi connectivity index (χ2v) is 7.14. The number of aryl methyl sites for hydroxylation is 1. The van der Waals surface area contributed by atoms with Crippen LogP contribution in [0, 0.1) is 0 Å². The lowest BCUT2D eigenvalue weighted by Gasteiger charge is -2.22. The van der Waals surface area contributed by atoms with Gasteiger partial charge in [-0.3, -0.25) is 9.88 Å². The van der Waals surface area contributed by atoms with Gasteiger partial charge in [0.25, 0.3) is 0 Å². The summed E-state index contributed by atoms with van der Waals surface area (Å²) >= 11 is 0. The molecule has 7 nitrogen and oxygen atoms in total. The van der Waals surface area contributed by atoms with Crippen molar-refractivity contribution in [3.8, 4) is 0 Å². The lowest BCUT2D eigenvalue weighted by atomic mass is 10.3. The molecular weight excluding hydrogens is 352 g/mol. The first-order chi connectivity index (χ1) is 13.7. The van der Waals surface area contributed by atoms with Crippen molar-refractivity contribution in [3.63, 3.8) is 0 Å². The minimum Gasteiger partial charge on any atom is -0.342 e. The summed E-state index contributed by atoms with van der Waals surface area (Å²) < 4.78 is 0. The average molecular weight is 378 g/mol. The zero-order valence-electron chi connectivity index (χ0n) is 16.2. The van der Waals surface area contributed by atoms with Gasteiger partial charge in [0.05, 0.1) is 16.7 Å². The SMILES string of the molecule is CCc1nc2ccc(NC(=O)N3CCCN(Cc4ccccn4)CC3)cc2[nH]1. The van der Waals surface area contributed by atoms with E-state index in [4.69, 9.17) is 0 Å². The Balaban J connectivity index is 1.36. The number of hydrogen-bond acceptors (Lipinski definition) is 4. The molecule has 7 heteroatoms. The molecule has 0 unspecified atom stereocenters. The van der Waals surface area contributed by atoms with Crippen molar-refractivity contribution >= 4 is 22.8 Å². The van der Waals surface area contributed by atoms with E-state index in [0.29, 0.717) is 6.54 Å². The maximum absolute atomic E-state index is 12.7. The fourth-order valence-electron chi connectivity index (χ4n) is 3.56. The molecule has 146 valence electrons. The minimum atomic E-state index is -0.0470. The number of urea groups is 1. The summed E-state index contributed by atoms with van der Waals surface area (Å²) in [4.78, 5) is 29.2. The van der Waals surface area contributed by atoms with Gasteiger partial charge < -0.3 is 15.2 Å². The quantitative estimate of drug-likeness (QED) is 0.731. The van der Waals surface area contributed by atoms with Crippen LogP contribution in [0.15, 0.2) is 42.6 Å². The van der Waals surface area contributed by atoms with E-state index in [2.05, 4.69) is 32.1 Å². The van der Waals surface area contributed by atoms with Gasteiger partial charge in [-0.25, -0.2) is 9.78 Å². The third kappa shape index (κ3) is 4.31. The second kappa shape index (κ2) is 8.39. The summed E-state index contributed by atoms with van der Waals surface area (Å²) in [5.74, 6) is 0.957. The van der Waals surface area contributed by atoms with Gasteiger partial charge >= 0.3 is 6.03 Å². The number of carbonyl (C=O) groups is 1. The summed E-state index contributed by atoms with van der Waals surface area (Å²) in [5, 5.41) is 3.03. The highest BCUT2D eigenvalue weighted by Crippen LogP contribution is 2.18. The molecule has 1 aromatic carbocycles. The van der Waals surface area contributed by atoms with E-state index in [9.17, 15) is 4.79 Å². The van der Waals surface area contributed by atoms with E-state index >= 15 is 0 Å². The Labute approximate surface area is 164 Å². The lowest BCUT2D eigenvalue weighted by Crippen LogP contribution is -2.38. The number of H-pyrrole nitrogens is 1. The standard InChI is InChI=1S/C21H26N6O/c1-2-20-24-18-8-7-16(14-19(18)25-20)23-21(28)27-11-5-10-26(12-13-27)15-17-6-3-4-9-22-17/h3-4,6-9,14H,2,5,10-13,15H2,1H3,(H,23,28)(H,24,25). The number of amides is 2. The number of benzene rings is 1. The predicted octanol–water partition coefficient (Wildman–Crippen LogP) is 3.26. The topological polar surface area (TPSA) is 77.2 Å². The van der Waals surface area contributed by atoms with Crippen LogP contribution in [0.3, 0.4) is 0 Å². The summed E-state index contributed by atoms with van der Waals surface area (Å²) in [6, 6.07) is 11.7. The minimum absolute atomic E-state index is 0.0470. The number of aromatic nitrogens is 3. The molecule has 3 aromatic rings. The van der Waals surface area contributed by atoms with Crippen LogP contribution in [0.25, 0.3) is 11.0 Å². The number of imidazole rings is 1. The van der Waals surface area contributed by atoms with Gasteiger partial charge in [0.15, 0.2) is 0 Å². The van der Waals surface area contributed by atoms with Crippen LogP contribution in [-0.2, 0) is 13.0 Å². The van der Waals surface area contributed by atoms with Crippen LogP contribution in [0.5, 0.6) is 0 Å². The molecule has 0 saturated carbocycles. The molecule has 3 heterocycles. The molecule has 0 aliphatic carbocycles. The predicted molar refractivity (Wildman–Crippen MR) is 110 cm³/mol. The van der Waals surface area contributed by atoms with Crippen LogP contribution in [0.1, 0.15) is 24.9 Å². The van der Waals surface area contributed by atoms with Crippen LogP contribution < -0.4 is 5.32 Å². The highest BCUT2D eigenvalue weighted by molar-refractivity contribution is 5.92. The molecule has 1 aliphatic rings. The number of aromatic amines is 1. The first-order valence-corrected chi connectivity index (χ1v) is 9.88. The number of pyridine rings is 1. The molecule has 2 aromatic heterocycles. The van der Waals surface area contributed by atoms with Crippen LogP contribution in [-0.4, -0.2) is 57.0 Å². The number of carbonyl (C=O) groups excluding carboxylic acids is 1. The smallest absolute Gasteiger partial charge is 0.321 e. The fourth-order valence-corrected chi connectivity index (χ4v) is 3.56. The number of anilines is 1. The van der Waals surface area contributed by atoms with E-state index in [-0.39, 0.29) is 6.03 Å². The molecule has 0 bridgehead atoms. The molecule has 0 atom stereocenters. The molecule has 28 heavy (non-hydrogen) atoms. The van der Waals surface area contributed by atoms with Gasteiger partial charge in [0.2, 0.25) is 0 Å². The Bertz CT molecular complexity index is 938. The lowest BCUT2D eigenvalue weighted by molar-refractivity contribution is 0.211. The van der Waals surface area contributed by atoms with Crippen LogP contribution in [0.2, 0.25) is 0 Å².